The number of carbonyl (C=O) groups excluding carboxylic acids is 1. The zero-order valence-corrected chi connectivity index (χ0v) is 9.85. The summed E-state index contributed by atoms with van der Waals surface area (Å²) >= 11 is 0. The van der Waals surface area contributed by atoms with E-state index >= 15 is 0 Å². The van der Waals surface area contributed by atoms with Crippen molar-refractivity contribution in [3.05, 3.63) is 0 Å². The molecular weight excluding hydrogens is 208 g/mol. The minimum absolute atomic E-state index is 0.227. The first-order valence-electron chi connectivity index (χ1n) is 5.80. The van der Waals surface area contributed by atoms with Gasteiger partial charge in [0.15, 0.2) is 0 Å². The quantitative estimate of drug-likeness (QED) is 0.592. The monoisotopic (exact) mass is 230 g/mol. The zero-order valence-electron chi connectivity index (χ0n) is 9.85. The van der Waals surface area contributed by atoms with Crippen molar-refractivity contribution in [2.75, 3.05) is 19.7 Å². The molecule has 2 atom stereocenters. The third-order valence-electron chi connectivity index (χ3n) is 3.39. The largest absolute Gasteiger partial charge is 0.394 e. The normalized spacial score (nSPS) is 28.9. The van der Waals surface area contributed by atoms with E-state index in [0.717, 1.165) is 25.8 Å². The first-order chi connectivity index (χ1) is 7.48. The highest BCUT2D eigenvalue weighted by molar-refractivity contribution is 5.76. The van der Waals surface area contributed by atoms with Gasteiger partial charge in [0, 0.05) is 5.54 Å². The number of nitrogens with two attached hydrogens (primary N) is 1. The molecule has 1 amide bonds. The van der Waals surface area contributed by atoms with E-state index in [4.69, 9.17) is 10.8 Å². The average molecular weight is 230 g/mol. The van der Waals surface area contributed by atoms with Crippen molar-refractivity contribution in [3.8, 4) is 0 Å². The van der Waals surface area contributed by atoms with Gasteiger partial charge in [0.2, 0.25) is 5.91 Å². The number of nitrogens with zero attached hydrogens (tertiary/aromatic N) is 1. The van der Waals surface area contributed by atoms with E-state index in [-0.39, 0.29) is 24.6 Å². The summed E-state index contributed by atoms with van der Waals surface area (Å²) < 4.78 is 0. The Kier molecular flexibility index (Phi) is 4.70. The van der Waals surface area contributed by atoms with Crippen LogP contribution in [0.15, 0.2) is 0 Å². The predicted molar refractivity (Wildman–Crippen MR) is 60.7 cm³/mol. The van der Waals surface area contributed by atoms with E-state index in [1.807, 2.05) is 11.8 Å². The van der Waals surface area contributed by atoms with Crippen molar-refractivity contribution in [2.45, 2.75) is 44.2 Å². The molecule has 94 valence electrons. The van der Waals surface area contributed by atoms with E-state index in [0.29, 0.717) is 6.42 Å². The Hall–Kier alpha value is -0.650. The maximum atomic E-state index is 11.0. The second kappa shape index (κ2) is 5.61. The predicted octanol–water partition coefficient (Wildman–Crippen LogP) is -0.540. The maximum absolute atomic E-state index is 11.0. The molecule has 0 saturated carbocycles. The van der Waals surface area contributed by atoms with Crippen LogP contribution in [-0.4, -0.2) is 52.4 Å². The molecule has 1 saturated heterocycles. The number of rotatable bonds is 5. The summed E-state index contributed by atoms with van der Waals surface area (Å²) in [6.45, 7) is 2.85. The summed E-state index contributed by atoms with van der Waals surface area (Å²) in [7, 11) is 0. The molecule has 1 fully saturated rings. The lowest BCUT2D eigenvalue weighted by Crippen LogP contribution is -2.54. The Morgan fingerprint density at radius 1 is 1.56 bits per heavy atom. The molecule has 0 aromatic heterocycles. The van der Waals surface area contributed by atoms with Crippen LogP contribution in [0.1, 0.15) is 32.6 Å². The molecule has 5 nitrogen and oxygen atoms in total. The van der Waals surface area contributed by atoms with E-state index in [1.165, 1.54) is 0 Å². The summed E-state index contributed by atoms with van der Waals surface area (Å²) in [5, 5.41) is 18.4. The SMILES string of the molecule is CC1(CC(O)CO)CCCCN1CC(N)=O. The molecule has 0 radical (unpaired) electrons. The molecule has 1 aliphatic rings. The van der Waals surface area contributed by atoms with Crippen LogP contribution >= 0.6 is 0 Å². The van der Waals surface area contributed by atoms with Crippen LogP contribution in [0, 0.1) is 0 Å². The second-order valence-electron chi connectivity index (χ2n) is 4.88. The van der Waals surface area contributed by atoms with Gasteiger partial charge in [0.25, 0.3) is 0 Å². The molecule has 0 aromatic carbocycles. The van der Waals surface area contributed by atoms with Gasteiger partial charge in [-0.05, 0) is 32.7 Å². The molecule has 1 rings (SSSR count). The number of hydrogen-bond acceptors (Lipinski definition) is 4. The summed E-state index contributed by atoms with van der Waals surface area (Å²) in [6.07, 6.45) is 2.83. The van der Waals surface area contributed by atoms with E-state index in [9.17, 15) is 9.90 Å². The van der Waals surface area contributed by atoms with Crippen molar-refractivity contribution in [2.24, 2.45) is 5.73 Å². The standard InChI is InChI=1S/C11H22N2O3/c1-11(6-9(15)8-14)4-2-3-5-13(11)7-10(12)16/h9,14-15H,2-8H2,1H3,(H2,12,16). The highest BCUT2D eigenvalue weighted by atomic mass is 16.3. The summed E-state index contributed by atoms with van der Waals surface area (Å²) in [5.41, 5.74) is 4.99. The number of hydrogen-bond donors (Lipinski definition) is 3. The highest BCUT2D eigenvalue weighted by Crippen LogP contribution is 2.31. The molecule has 0 spiro atoms. The van der Waals surface area contributed by atoms with Gasteiger partial charge in [-0.1, -0.05) is 6.42 Å². The maximum Gasteiger partial charge on any atom is 0.231 e. The topological polar surface area (TPSA) is 86.8 Å². The molecule has 2 unspecified atom stereocenters. The third kappa shape index (κ3) is 3.43. The van der Waals surface area contributed by atoms with Crippen molar-refractivity contribution in [1.82, 2.24) is 4.90 Å². The molecule has 5 heteroatoms. The van der Waals surface area contributed by atoms with Crippen molar-refractivity contribution in [1.29, 1.82) is 0 Å². The van der Waals surface area contributed by atoms with Crippen molar-refractivity contribution >= 4 is 5.91 Å². The first kappa shape index (κ1) is 13.4. The lowest BCUT2D eigenvalue weighted by molar-refractivity contribution is -0.122. The van der Waals surface area contributed by atoms with Gasteiger partial charge in [0.1, 0.15) is 0 Å². The molecule has 1 aliphatic heterocycles. The lowest BCUT2D eigenvalue weighted by Gasteiger charge is -2.45. The van der Waals surface area contributed by atoms with Crippen LogP contribution in [0.4, 0.5) is 0 Å². The van der Waals surface area contributed by atoms with Crippen LogP contribution < -0.4 is 5.73 Å². The Morgan fingerprint density at radius 3 is 2.81 bits per heavy atom. The molecule has 0 aliphatic carbocycles. The molecule has 1 heterocycles. The molecule has 16 heavy (non-hydrogen) atoms. The highest BCUT2D eigenvalue weighted by Gasteiger charge is 2.36. The minimum Gasteiger partial charge on any atom is -0.394 e. The lowest BCUT2D eigenvalue weighted by atomic mass is 9.83. The number of aliphatic hydroxyl groups excluding tert-OH is 2. The Bertz CT molecular complexity index is 247. The Labute approximate surface area is 96.2 Å². The number of piperidine rings is 1. The van der Waals surface area contributed by atoms with E-state index < -0.39 is 6.10 Å². The van der Waals surface area contributed by atoms with Gasteiger partial charge in [-0.2, -0.15) is 0 Å². The van der Waals surface area contributed by atoms with Crippen LogP contribution in [-0.2, 0) is 4.79 Å². The number of primary amides is 1. The van der Waals surface area contributed by atoms with Gasteiger partial charge < -0.3 is 15.9 Å². The van der Waals surface area contributed by atoms with Crippen LogP contribution in [0.3, 0.4) is 0 Å². The van der Waals surface area contributed by atoms with Crippen LogP contribution in [0.25, 0.3) is 0 Å². The van der Waals surface area contributed by atoms with Gasteiger partial charge >= 0.3 is 0 Å². The fourth-order valence-corrected chi connectivity index (χ4v) is 2.50. The van der Waals surface area contributed by atoms with E-state index in [2.05, 4.69) is 0 Å². The summed E-state index contributed by atoms with van der Waals surface area (Å²) in [6, 6.07) is 0. The average Bonchev–Trinajstić information content (AvgIpc) is 2.21. The minimum atomic E-state index is -0.724. The number of carbonyl (C=O) groups is 1. The third-order valence-corrected chi connectivity index (χ3v) is 3.39. The number of aliphatic hydroxyl groups is 2. The summed E-state index contributed by atoms with van der Waals surface area (Å²) in [4.78, 5) is 13.0. The van der Waals surface area contributed by atoms with Crippen molar-refractivity contribution < 1.29 is 15.0 Å². The number of amides is 1. The van der Waals surface area contributed by atoms with Gasteiger partial charge in [0.05, 0.1) is 19.3 Å². The zero-order chi connectivity index (χ0) is 12.2. The van der Waals surface area contributed by atoms with Gasteiger partial charge in [-0.25, -0.2) is 0 Å². The van der Waals surface area contributed by atoms with Crippen molar-refractivity contribution in [3.63, 3.8) is 0 Å². The molecule has 4 N–H and O–H groups in total. The number of likely N-dealkylation sites (tertiary alicyclic amines) is 1. The fraction of sp³-hybridized carbons (Fsp3) is 0.909. The summed E-state index contributed by atoms with van der Waals surface area (Å²) in [5.74, 6) is -0.341. The van der Waals surface area contributed by atoms with Gasteiger partial charge in [-0.15, -0.1) is 0 Å². The molecular formula is C11H22N2O3. The van der Waals surface area contributed by atoms with Gasteiger partial charge in [-0.3, -0.25) is 9.69 Å². The second-order valence-corrected chi connectivity index (χ2v) is 4.88. The fourth-order valence-electron chi connectivity index (χ4n) is 2.50. The molecule has 0 bridgehead atoms. The first-order valence-corrected chi connectivity index (χ1v) is 5.80. The van der Waals surface area contributed by atoms with E-state index in [1.54, 1.807) is 0 Å². The smallest absolute Gasteiger partial charge is 0.231 e. The Morgan fingerprint density at radius 2 is 2.25 bits per heavy atom. The Balaban J connectivity index is 2.66. The van der Waals surface area contributed by atoms with Crippen LogP contribution in [0.2, 0.25) is 0 Å². The van der Waals surface area contributed by atoms with Crippen LogP contribution in [0.5, 0.6) is 0 Å². The molecule has 0 aromatic rings.